The van der Waals surface area contributed by atoms with Crippen LogP contribution in [0.3, 0.4) is 0 Å². The predicted octanol–water partition coefficient (Wildman–Crippen LogP) is 4.29. The number of carbonyl (C=O) groups is 2. The van der Waals surface area contributed by atoms with E-state index < -0.39 is 23.1 Å². The van der Waals surface area contributed by atoms with E-state index in [9.17, 15) is 19.8 Å². The van der Waals surface area contributed by atoms with Gasteiger partial charge in [-0.25, -0.2) is 0 Å². The van der Waals surface area contributed by atoms with Crippen LogP contribution in [0.25, 0.3) is 11.6 Å². The number of carbonyl (C=O) groups excluding carboxylic acids is 2. The van der Waals surface area contributed by atoms with Crippen LogP contribution in [0, 0.1) is 0 Å². The summed E-state index contributed by atoms with van der Waals surface area (Å²) in [6, 6.07) is 15.4. The van der Waals surface area contributed by atoms with Gasteiger partial charge in [0.15, 0.2) is 11.5 Å². The highest BCUT2D eigenvalue weighted by atomic mass is 35.5. The Morgan fingerprint density at radius 3 is 2.08 bits per heavy atom. The zero-order valence-corrected chi connectivity index (χ0v) is 13.7. The lowest BCUT2D eigenvalue weighted by Gasteiger charge is -2.17. The minimum Gasteiger partial charge on any atom is -0.504 e. The number of benzene rings is 2. The molecule has 0 spiro atoms. The maximum atomic E-state index is 12.5. The van der Waals surface area contributed by atoms with Gasteiger partial charge in [0.2, 0.25) is 11.6 Å². The van der Waals surface area contributed by atoms with Crippen LogP contribution in [0.4, 0.5) is 0 Å². The van der Waals surface area contributed by atoms with Crippen LogP contribution >= 0.6 is 11.6 Å². The van der Waals surface area contributed by atoms with Crippen molar-refractivity contribution >= 4 is 34.8 Å². The minimum atomic E-state index is -0.849. The summed E-state index contributed by atoms with van der Waals surface area (Å²) in [5, 5.41) is 20.6. The van der Waals surface area contributed by atoms with E-state index in [0.717, 1.165) is 5.56 Å². The molecule has 3 rings (SSSR count). The van der Waals surface area contributed by atoms with Crippen molar-refractivity contribution < 1.29 is 19.8 Å². The Morgan fingerprint density at radius 1 is 0.760 bits per heavy atom. The summed E-state index contributed by atoms with van der Waals surface area (Å²) in [7, 11) is 0. The molecule has 0 unspecified atom stereocenters. The van der Waals surface area contributed by atoms with Crippen molar-refractivity contribution in [2.45, 2.75) is 0 Å². The van der Waals surface area contributed by atoms with Gasteiger partial charge in [-0.2, -0.15) is 0 Å². The number of allylic oxidation sites excluding steroid dienone is 3. The summed E-state index contributed by atoms with van der Waals surface area (Å²) in [5.74, 6) is -3.13. The molecule has 0 aromatic heterocycles. The number of aliphatic hydroxyl groups excluding tert-OH is 2. The van der Waals surface area contributed by atoms with E-state index in [1.54, 1.807) is 30.3 Å². The van der Waals surface area contributed by atoms with Gasteiger partial charge in [0.25, 0.3) is 0 Å². The molecule has 124 valence electrons. The number of hydrogen-bond acceptors (Lipinski definition) is 4. The zero-order valence-electron chi connectivity index (χ0n) is 12.9. The van der Waals surface area contributed by atoms with Gasteiger partial charge < -0.3 is 10.2 Å². The second-order valence-electron chi connectivity index (χ2n) is 5.37. The third-order valence-electron chi connectivity index (χ3n) is 3.78. The highest BCUT2D eigenvalue weighted by Crippen LogP contribution is 2.33. The lowest BCUT2D eigenvalue weighted by atomic mass is 9.88. The summed E-state index contributed by atoms with van der Waals surface area (Å²) in [4.78, 5) is 24.9. The van der Waals surface area contributed by atoms with Crippen molar-refractivity contribution in [3.8, 4) is 0 Å². The van der Waals surface area contributed by atoms with Gasteiger partial charge >= 0.3 is 0 Å². The fourth-order valence-corrected chi connectivity index (χ4v) is 2.74. The average molecular weight is 353 g/mol. The smallest absolute Gasteiger partial charge is 0.232 e. The largest absolute Gasteiger partial charge is 0.504 e. The highest BCUT2D eigenvalue weighted by Gasteiger charge is 2.35. The first-order chi connectivity index (χ1) is 12.0. The molecule has 0 amide bonds. The van der Waals surface area contributed by atoms with Crippen LogP contribution in [0.1, 0.15) is 11.1 Å². The van der Waals surface area contributed by atoms with Gasteiger partial charge in [-0.15, -0.1) is 0 Å². The molecule has 1 aliphatic carbocycles. The van der Waals surface area contributed by atoms with E-state index in [1.165, 1.54) is 18.2 Å². The van der Waals surface area contributed by atoms with E-state index in [-0.39, 0.29) is 21.7 Å². The fourth-order valence-electron chi connectivity index (χ4n) is 2.51. The van der Waals surface area contributed by atoms with E-state index in [1.807, 2.05) is 18.2 Å². The summed E-state index contributed by atoms with van der Waals surface area (Å²) >= 11 is 6.04. The number of ketones is 2. The third kappa shape index (κ3) is 3.12. The van der Waals surface area contributed by atoms with Crippen LogP contribution in [0.5, 0.6) is 0 Å². The Labute approximate surface area is 149 Å². The Hall–Kier alpha value is -3.11. The molecule has 0 heterocycles. The molecule has 0 saturated heterocycles. The summed E-state index contributed by atoms with van der Waals surface area (Å²) < 4.78 is 0. The van der Waals surface area contributed by atoms with Gasteiger partial charge in [-0.05, 0) is 17.7 Å². The molecule has 1 aliphatic rings. The highest BCUT2D eigenvalue weighted by molar-refractivity contribution is 6.41. The molecular formula is C20H13ClO4. The van der Waals surface area contributed by atoms with Crippen LogP contribution in [0.15, 0.2) is 77.8 Å². The number of rotatable bonds is 3. The summed E-state index contributed by atoms with van der Waals surface area (Å²) in [5.41, 5.74) is 0.410. The van der Waals surface area contributed by atoms with Gasteiger partial charge in [0, 0.05) is 10.6 Å². The molecule has 2 aromatic rings. The van der Waals surface area contributed by atoms with Crippen LogP contribution < -0.4 is 0 Å². The van der Waals surface area contributed by atoms with Crippen LogP contribution in [-0.4, -0.2) is 21.8 Å². The molecular weight excluding hydrogens is 340 g/mol. The molecule has 0 radical (unpaired) electrons. The molecule has 2 aromatic carbocycles. The van der Waals surface area contributed by atoms with Crippen LogP contribution in [0.2, 0.25) is 5.02 Å². The number of hydrogen-bond donors (Lipinski definition) is 2. The Kier molecular flexibility index (Phi) is 4.55. The first kappa shape index (κ1) is 16.7. The maximum Gasteiger partial charge on any atom is 0.232 e. The fraction of sp³-hybridized carbons (Fsp3) is 0. The molecule has 2 N–H and O–H groups in total. The van der Waals surface area contributed by atoms with Crippen molar-refractivity contribution in [3.05, 3.63) is 93.9 Å². The minimum absolute atomic E-state index is 0.192. The normalized spacial score (nSPS) is 15.4. The molecule has 25 heavy (non-hydrogen) atoms. The molecule has 0 atom stereocenters. The molecule has 0 bridgehead atoms. The van der Waals surface area contributed by atoms with Gasteiger partial charge in [-0.1, -0.05) is 66.2 Å². The second-order valence-corrected chi connectivity index (χ2v) is 5.78. The standard InChI is InChI=1S/C20H13ClO4/c21-15-9-5-4-8-13(15)16-19(24)17(22)14(18(23)20(16)25)11-10-12-6-2-1-3-7-12/h1-11,22,25H. The Bertz CT molecular complexity index is 953. The third-order valence-corrected chi connectivity index (χ3v) is 4.11. The van der Waals surface area contributed by atoms with Gasteiger partial charge in [-0.3, -0.25) is 9.59 Å². The number of Topliss-reactive ketones (excluding diaryl/α,β-unsaturated/α-hetero) is 2. The first-order valence-electron chi connectivity index (χ1n) is 7.44. The monoisotopic (exact) mass is 352 g/mol. The number of halogens is 1. The SMILES string of the molecule is O=C1C(O)=C(c2ccccc2Cl)C(=O)C(O)=C1C=Cc1ccccc1. The quantitative estimate of drug-likeness (QED) is 0.808. The van der Waals surface area contributed by atoms with Gasteiger partial charge in [0.05, 0.1) is 11.1 Å². The van der Waals surface area contributed by atoms with Crippen molar-refractivity contribution in [1.29, 1.82) is 0 Å². The molecule has 5 heteroatoms. The van der Waals surface area contributed by atoms with Crippen molar-refractivity contribution in [3.63, 3.8) is 0 Å². The zero-order chi connectivity index (χ0) is 18.0. The lowest BCUT2D eigenvalue weighted by Crippen LogP contribution is -2.22. The van der Waals surface area contributed by atoms with Crippen molar-refractivity contribution in [2.75, 3.05) is 0 Å². The second kappa shape index (κ2) is 6.79. The Morgan fingerprint density at radius 2 is 1.40 bits per heavy atom. The van der Waals surface area contributed by atoms with E-state index in [2.05, 4.69) is 0 Å². The summed E-state index contributed by atoms with van der Waals surface area (Å²) in [6.07, 6.45) is 2.88. The van der Waals surface area contributed by atoms with E-state index >= 15 is 0 Å². The van der Waals surface area contributed by atoms with Crippen molar-refractivity contribution in [2.24, 2.45) is 0 Å². The maximum absolute atomic E-state index is 12.5. The number of aliphatic hydroxyl groups is 2. The van der Waals surface area contributed by atoms with Crippen LogP contribution in [-0.2, 0) is 9.59 Å². The average Bonchev–Trinajstić information content (AvgIpc) is 2.63. The first-order valence-corrected chi connectivity index (χ1v) is 7.82. The Balaban J connectivity index is 2.03. The lowest BCUT2D eigenvalue weighted by molar-refractivity contribution is -0.118. The predicted molar refractivity (Wildman–Crippen MR) is 96.1 cm³/mol. The molecule has 4 nitrogen and oxygen atoms in total. The topological polar surface area (TPSA) is 74.6 Å². The molecule has 0 saturated carbocycles. The van der Waals surface area contributed by atoms with Gasteiger partial charge in [0.1, 0.15) is 0 Å². The van der Waals surface area contributed by atoms with E-state index in [0.29, 0.717) is 0 Å². The van der Waals surface area contributed by atoms with Crippen molar-refractivity contribution in [1.82, 2.24) is 0 Å². The summed E-state index contributed by atoms with van der Waals surface area (Å²) in [6.45, 7) is 0. The molecule has 0 aliphatic heterocycles. The van der Waals surface area contributed by atoms with E-state index in [4.69, 9.17) is 11.6 Å². The molecule has 0 fully saturated rings.